The summed E-state index contributed by atoms with van der Waals surface area (Å²) in [7, 11) is 0. The number of rotatable bonds is 4. The zero-order valence-corrected chi connectivity index (χ0v) is 12.9. The summed E-state index contributed by atoms with van der Waals surface area (Å²) in [6.07, 6.45) is 1.32. The van der Waals surface area contributed by atoms with Gasteiger partial charge in [0, 0.05) is 22.7 Å². The molecule has 2 aromatic carbocycles. The van der Waals surface area contributed by atoms with Crippen molar-refractivity contribution in [1.82, 2.24) is 0 Å². The maximum Gasteiger partial charge on any atom is 0.340 e. The highest BCUT2D eigenvalue weighted by Gasteiger charge is 2.15. The second-order valence-electron chi connectivity index (χ2n) is 4.63. The number of nitro benzene ring substituents is 1. The fourth-order valence-corrected chi connectivity index (χ4v) is 2.08. The van der Waals surface area contributed by atoms with Crippen molar-refractivity contribution in [2.75, 3.05) is 5.01 Å². The number of halogens is 1. The zero-order chi connectivity index (χ0) is 17.0. The fraction of sp³-hybridized carbons (Fsp3) is 0.0667. The Balaban J connectivity index is 2.37. The number of amides is 2. The van der Waals surface area contributed by atoms with Crippen molar-refractivity contribution in [2.45, 2.75) is 6.92 Å². The van der Waals surface area contributed by atoms with Crippen LogP contribution < -0.4 is 10.7 Å². The SMILES string of the molecule is Cc1c(Cl)cccc1N(/N=C/c1cccc([N+](=O)[O-])c1)C(N)=O. The predicted octanol–water partition coefficient (Wildman–Crippen LogP) is 3.48. The van der Waals surface area contributed by atoms with E-state index in [1.165, 1.54) is 24.4 Å². The zero-order valence-electron chi connectivity index (χ0n) is 12.1. The Morgan fingerprint density at radius 3 is 2.70 bits per heavy atom. The van der Waals surface area contributed by atoms with Crippen molar-refractivity contribution < 1.29 is 9.72 Å². The third-order valence-corrected chi connectivity index (χ3v) is 3.49. The van der Waals surface area contributed by atoms with E-state index >= 15 is 0 Å². The Kier molecular flexibility index (Phi) is 4.92. The summed E-state index contributed by atoms with van der Waals surface area (Å²) in [6, 6.07) is 10.1. The third-order valence-electron chi connectivity index (χ3n) is 3.08. The number of hydrogen-bond acceptors (Lipinski definition) is 4. The lowest BCUT2D eigenvalue weighted by Gasteiger charge is -2.17. The van der Waals surface area contributed by atoms with E-state index in [-0.39, 0.29) is 5.69 Å². The van der Waals surface area contributed by atoms with Gasteiger partial charge < -0.3 is 5.73 Å². The van der Waals surface area contributed by atoms with Gasteiger partial charge in [-0.3, -0.25) is 10.1 Å². The first kappa shape index (κ1) is 16.4. The summed E-state index contributed by atoms with van der Waals surface area (Å²) in [5, 5.41) is 16.2. The molecule has 0 spiro atoms. The van der Waals surface area contributed by atoms with Gasteiger partial charge in [0.25, 0.3) is 5.69 Å². The van der Waals surface area contributed by atoms with E-state index in [0.717, 1.165) is 5.01 Å². The summed E-state index contributed by atoms with van der Waals surface area (Å²) < 4.78 is 0. The topological polar surface area (TPSA) is 102 Å². The average molecular weight is 333 g/mol. The molecule has 2 aromatic rings. The highest BCUT2D eigenvalue weighted by atomic mass is 35.5. The van der Waals surface area contributed by atoms with Gasteiger partial charge in [0.1, 0.15) is 0 Å². The molecule has 0 radical (unpaired) electrons. The Morgan fingerprint density at radius 2 is 2.04 bits per heavy atom. The van der Waals surface area contributed by atoms with Gasteiger partial charge in [-0.1, -0.05) is 29.8 Å². The van der Waals surface area contributed by atoms with Crippen LogP contribution in [0.15, 0.2) is 47.6 Å². The third kappa shape index (κ3) is 3.83. The standard InChI is InChI=1S/C15H13ClN4O3/c1-10-13(16)6-3-7-14(10)19(15(17)21)18-9-11-4-2-5-12(8-11)20(22)23/h2-9H,1H3,(H2,17,21)/b18-9+. The number of carbonyl (C=O) groups excluding carboxylic acids is 1. The number of hydrogen-bond donors (Lipinski definition) is 1. The van der Waals surface area contributed by atoms with E-state index in [1.807, 2.05) is 0 Å². The number of primary amides is 1. The minimum absolute atomic E-state index is 0.0708. The molecule has 23 heavy (non-hydrogen) atoms. The lowest BCUT2D eigenvalue weighted by molar-refractivity contribution is -0.384. The number of nitrogens with zero attached hydrogens (tertiary/aromatic N) is 3. The van der Waals surface area contributed by atoms with Gasteiger partial charge in [-0.05, 0) is 24.6 Å². The quantitative estimate of drug-likeness (QED) is 0.526. The molecule has 2 amide bonds. The Labute approximate surface area is 137 Å². The smallest absolute Gasteiger partial charge is 0.340 e. The summed E-state index contributed by atoms with van der Waals surface area (Å²) in [5.41, 5.74) is 6.82. The summed E-state index contributed by atoms with van der Waals surface area (Å²) in [5.74, 6) is 0. The molecule has 0 aromatic heterocycles. The van der Waals surface area contributed by atoms with Gasteiger partial charge in [0.2, 0.25) is 0 Å². The van der Waals surface area contributed by atoms with Crippen LogP contribution in [0.3, 0.4) is 0 Å². The minimum atomic E-state index is -0.794. The van der Waals surface area contributed by atoms with Crippen molar-refractivity contribution >= 4 is 35.2 Å². The number of non-ortho nitro benzene ring substituents is 1. The van der Waals surface area contributed by atoms with Gasteiger partial charge >= 0.3 is 6.03 Å². The molecular weight excluding hydrogens is 320 g/mol. The number of hydrazone groups is 1. The van der Waals surface area contributed by atoms with Gasteiger partial charge in [0.05, 0.1) is 16.8 Å². The largest absolute Gasteiger partial charge is 0.350 e. The van der Waals surface area contributed by atoms with E-state index < -0.39 is 11.0 Å². The monoisotopic (exact) mass is 332 g/mol. The molecule has 2 N–H and O–H groups in total. The van der Waals surface area contributed by atoms with Crippen LogP contribution in [0.25, 0.3) is 0 Å². The van der Waals surface area contributed by atoms with Crippen LogP contribution in [0.5, 0.6) is 0 Å². The van der Waals surface area contributed by atoms with Crippen LogP contribution in [0.4, 0.5) is 16.2 Å². The average Bonchev–Trinajstić information content (AvgIpc) is 2.51. The lowest BCUT2D eigenvalue weighted by Crippen LogP contribution is -2.31. The van der Waals surface area contributed by atoms with E-state index in [4.69, 9.17) is 17.3 Å². The van der Waals surface area contributed by atoms with Crippen LogP contribution in [0.1, 0.15) is 11.1 Å². The van der Waals surface area contributed by atoms with E-state index in [2.05, 4.69) is 5.10 Å². The molecule has 0 heterocycles. The first-order valence-electron chi connectivity index (χ1n) is 6.53. The van der Waals surface area contributed by atoms with Gasteiger partial charge in [-0.2, -0.15) is 10.1 Å². The molecule has 0 atom stereocenters. The maximum atomic E-state index is 11.6. The van der Waals surface area contributed by atoms with Gasteiger partial charge in [0.15, 0.2) is 0 Å². The highest BCUT2D eigenvalue weighted by Crippen LogP contribution is 2.26. The molecule has 0 aliphatic carbocycles. The molecular formula is C15H13ClN4O3. The van der Waals surface area contributed by atoms with Crippen LogP contribution in [-0.2, 0) is 0 Å². The first-order chi connectivity index (χ1) is 10.9. The molecule has 0 aliphatic rings. The van der Waals surface area contributed by atoms with Crippen LogP contribution in [0.2, 0.25) is 5.02 Å². The van der Waals surface area contributed by atoms with Crippen LogP contribution in [-0.4, -0.2) is 17.2 Å². The number of anilines is 1. The van der Waals surface area contributed by atoms with Crippen molar-refractivity contribution in [3.05, 3.63) is 68.7 Å². The normalized spacial score (nSPS) is 10.7. The van der Waals surface area contributed by atoms with Crippen molar-refractivity contribution in [2.24, 2.45) is 10.8 Å². The summed E-state index contributed by atoms with van der Waals surface area (Å²) >= 11 is 6.03. The van der Waals surface area contributed by atoms with E-state index in [9.17, 15) is 14.9 Å². The maximum absolute atomic E-state index is 11.6. The Bertz CT molecular complexity index is 792. The highest BCUT2D eigenvalue weighted by molar-refractivity contribution is 6.31. The predicted molar refractivity (Wildman–Crippen MR) is 88.9 cm³/mol. The van der Waals surface area contributed by atoms with Crippen molar-refractivity contribution in [1.29, 1.82) is 0 Å². The Hall–Kier alpha value is -2.93. The molecule has 0 saturated carbocycles. The number of carbonyl (C=O) groups is 1. The molecule has 2 rings (SSSR count). The summed E-state index contributed by atoms with van der Waals surface area (Å²) in [6.45, 7) is 1.73. The molecule has 0 bridgehead atoms. The van der Waals surface area contributed by atoms with E-state index in [0.29, 0.717) is 21.8 Å². The summed E-state index contributed by atoms with van der Waals surface area (Å²) in [4.78, 5) is 21.9. The molecule has 118 valence electrons. The first-order valence-corrected chi connectivity index (χ1v) is 6.91. The number of benzene rings is 2. The Morgan fingerprint density at radius 1 is 1.35 bits per heavy atom. The van der Waals surface area contributed by atoms with Crippen LogP contribution in [0, 0.1) is 17.0 Å². The molecule has 7 nitrogen and oxygen atoms in total. The second-order valence-corrected chi connectivity index (χ2v) is 5.04. The number of nitro groups is 1. The van der Waals surface area contributed by atoms with Gasteiger partial charge in [-0.25, -0.2) is 4.79 Å². The molecule has 0 saturated heterocycles. The second kappa shape index (κ2) is 6.89. The molecule has 0 fully saturated rings. The molecule has 8 heteroatoms. The lowest BCUT2D eigenvalue weighted by atomic mass is 10.2. The fourth-order valence-electron chi connectivity index (χ4n) is 1.91. The van der Waals surface area contributed by atoms with Gasteiger partial charge in [-0.15, -0.1) is 0 Å². The molecule has 0 aliphatic heterocycles. The minimum Gasteiger partial charge on any atom is -0.350 e. The van der Waals surface area contributed by atoms with Crippen molar-refractivity contribution in [3.63, 3.8) is 0 Å². The van der Waals surface area contributed by atoms with Crippen LogP contribution >= 0.6 is 11.6 Å². The number of nitrogens with two attached hydrogens (primary N) is 1. The molecule has 0 unspecified atom stereocenters. The number of urea groups is 1. The van der Waals surface area contributed by atoms with E-state index in [1.54, 1.807) is 31.2 Å². The van der Waals surface area contributed by atoms with Crippen molar-refractivity contribution in [3.8, 4) is 0 Å².